The molecule has 4 aromatic rings. The van der Waals surface area contributed by atoms with E-state index in [0.717, 1.165) is 4.70 Å². The summed E-state index contributed by atoms with van der Waals surface area (Å²) >= 11 is 1.69. The van der Waals surface area contributed by atoms with Crippen LogP contribution in [0.2, 0.25) is 0 Å². The largest absolute Gasteiger partial charge is 0.488 e. The highest BCUT2D eigenvalue weighted by Gasteiger charge is 2.14. The van der Waals surface area contributed by atoms with Gasteiger partial charge in [-0.1, -0.05) is 42.5 Å². The molecule has 4 heteroatoms. The van der Waals surface area contributed by atoms with Gasteiger partial charge in [0.15, 0.2) is 0 Å². The van der Waals surface area contributed by atoms with Crippen molar-refractivity contribution in [3.05, 3.63) is 54.6 Å². The molecule has 0 bridgehead atoms. The lowest BCUT2D eigenvalue weighted by molar-refractivity contribution is 0.426. The Kier molecular flexibility index (Phi) is 2.57. The van der Waals surface area contributed by atoms with E-state index < -0.39 is 7.12 Å². The summed E-state index contributed by atoms with van der Waals surface area (Å²) in [6.07, 6.45) is 0. The first kappa shape index (κ1) is 11.9. The van der Waals surface area contributed by atoms with Gasteiger partial charge in [0.1, 0.15) is 0 Å². The number of benzene rings is 3. The fourth-order valence-corrected chi connectivity index (χ4v) is 3.89. The third-order valence-corrected chi connectivity index (χ3v) is 4.80. The molecule has 1 aromatic heterocycles. The van der Waals surface area contributed by atoms with Gasteiger partial charge in [-0.3, -0.25) is 0 Å². The van der Waals surface area contributed by atoms with Crippen molar-refractivity contribution in [3.63, 3.8) is 0 Å². The summed E-state index contributed by atoms with van der Waals surface area (Å²) in [5, 5.41) is 23.5. The van der Waals surface area contributed by atoms with Crippen molar-refractivity contribution in [2.24, 2.45) is 0 Å². The molecular formula is C16H11BO2S. The molecule has 0 spiro atoms. The SMILES string of the molecule is OB(O)c1ccc2c(c1)sc1ccc3ccccc3c12. The molecule has 20 heavy (non-hydrogen) atoms. The zero-order valence-electron chi connectivity index (χ0n) is 10.6. The van der Waals surface area contributed by atoms with Crippen LogP contribution in [0.5, 0.6) is 0 Å². The molecule has 0 aliphatic heterocycles. The minimum Gasteiger partial charge on any atom is -0.423 e. The number of fused-ring (bicyclic) bond motifs is 5. The predicted octanol–water partition coefficient (Wildman–Crippen LogP) is 2.89. The van der Waals surface area contributed by atoms with Gasteiger partial charge in [0.2, 0.25) is 0 Å². The summed E-state index contributed by atoms with van der Waals surface area (Å²) in [5.74, 6) is 0. The monoisotopic (exact) mass is 278 g/mol. The Morgan fingerprint density at radius 2 is 1.65 bits per heavy atom. The first-order chi connectivity index (χ1) is 9.74. The minimum absolute atomic E-state index is 0.536. The minimum atomic E-state index is -1.42. The quantitative estimate of drug-likeness (QED) is 0.526. The third-order valence-electron chi connectivity index (χ3n) is 3.68. The van der Waals surface area contributed by atoms with E-state index in [-0.39, 0.29) is 0 Å². The normalized spacial score (nSPS) is 11.5. The van der Waals surface area contributed by atoms with E-state index in [0.29, 0.717) is 5.46 Å². The van der Waals surface area contributed by atoms with Crippen molar-refractivity contribution in [1.29, 1.82) is 0 Å². The van der Waals surface area contributed by atoms with E-state index in [1.54, 1.807) is 17.4 Å². The molecule has 0 saturated carbocycles. The van der Waals surface area contributed by atoms with Gasteiger partial charge in [0.05, 0.1) is 0 Å². The Labute approximate surface area is 120 Å². The van der Waals surface area contributed by atoms with Crippen molar-refractivity contribution >= 4 is 54.9 Å². The van der Waals surface area contributed by atoms with Crippen LogP contribution < -0.4 is 5.46 Å². The molecule has 0 amide bonds. The Morgan fingerprint density at radius 1 is 0.800 bits per heavy atom. The molecule has 0 atom stereocenters. The van der Waals surface area contributed by atoms with Crippen LogP contribution in [-0.4, -0.2) is 17.2 Å². The molecule has 0 aliphatic carbocycles. The van der Waals surface area contributed by atoms with E-state index in [4.69, 9.17) is 0 Å². The summed E-state index contributed by atoms with van der Waals surface area (Å²) in [7, 11) is -1.42. The Morgan fingerprint density at radius 3 is 2.50 bits per heavy atom. The number of rotatable bonds is 1. The molecule has 1 heterocycles. The molecule has 4 rings (SSSR count). The Hall–Kier alpha value is -1.88. The van der Waals surface area contributed by atoms with Gasteiger partial charge < -0.3 is 10.0 Å². The molecule has 96 valence electrons. The number of thiophene rings is 1. The average molecular weight is 278 g/mol. The van der Waals surface area contributed by atoms with Gasteiger partial charge in [0.25, 0.3) is 0 Å². The maximum atomic E-state index is 9.29. The summed E-state index contributed by atoms with van der Waals surface area (Å²) in [6, 6.07) is 18.2. The zero-order valence-corrected chi connectivity index (χ0v) is 11.4. The van der Waals surface area contributed by atoms with Crippen LogP contribution in [0.4, 0.5) is 0 Å². The lowest BCUT2D eigenvalue weighted by Gasteiger charge is -2.01. The van der Waals surface area contributed by atoms with Crippen LogP contribution in [0.1, 0.15) is 0 Å². The summed E-state index contributed by atoms with van der Waals surface area (Å²) < 4.78 is 2.31. The van der Waals surface area contributed by atoms with Crippen LogP contribution in [0.3, 0.4) is 0 Å². The molecule has 2 N–H and O–H groups in total. The molecule has 0 unspecified atom stereocenters. The number of hydrogen-bond donors (Lipinski definition) is 2. The summed E-state index contributed by atoms with van der Waals surface area (Å²) in [5.41, 5.74) is 0.536. The van der Waals surface area contributed by atoms with Gasteiger partial charge in [0, 0.05) is 20.2 Å². The Balaban J connectivity index is 2.17. The zero-order chi connectivity index (χ0) is 13.7. The van der Waals surface area contributed by atoms with Gasteiger partial charge in [-0.15, -0.1) is 11.3 Å². The molecule has 0 radical (unpaired) electrons. The summed E-state index contributed by atoms with van der Waals surface area (Å²) in [6.45, 7) is 0. The molecule has 0 aliphatic rings. The highest BCUT2D eigenvalue weighted by molar-refractivity contribution is 7.26. The van der Waals surface area contributed by atoms with Crippen LogP contribution in [0, 0.1) is 0 Å². The first-order valence-corrected chi connectivity index (χ1v) is 7.26. The number of hydrogen-bond acceptors (Lipinski definition) is 3. The van der Waals surface area contributed by atoms with E-state index in [2.05, 4.69) is 30.3 Å². The van der Waals surface area contributed by atoms with E-state index in [9.17, 15) is 10.0 Å². The highest BCUT2D eigenvalue weighted by atomic mass is 32.1. The van der Waals surface area contributed by atoms with Crippen LogP contribution >= 0.6 is 11.3 Å². The average Bonchev–Trinajstić information content (AvgIpc) is 2.85. The molecule has 3 aromatic carbocycles. The second-order valence-electron chi connectivity index (χ2n) is 4.89. The van der Waals surface area contributed by atoms with Gasteiger partial charge >= 0.3 is 7.12 Å². The molecule has 2 nitrogen and oxygen atoms in total. The predicted molar refractivity (Wildman–Crippen MR) is 86.7 cm³/mol. The molecule has 0 fully saturated rings. The third kappa shape index (κ3) is 1.66. The standard InChI is InChI=1S/C16H11BO2S/c18-17(19)11-6-7-13-15(9-11)20-14-8-5-10-3-1-2-4-12(10)16(13)14/h1-9,18-19H. The van der Waals surface area contributed by atoms with E-state index in [1.165, 1.54) is 26.2 Å². The van der Waals surface area contributed by atoms with E-state index in [1.807, 2.05) is 18.2 Å². The maximum absolute atomic E-state index is 9.29. The molecular weight excluding hydrogens is 267 g/mol. The fourth-order valence-electron chi connectivity index (χ4n) is 2.72. The first-order valence-electron chi connectivity index (χ1n) is 6.44. The second kappa shape index (κ2) is 4.31. The summed E-state index contributed by atoms with van der Waals surface area (Å²) in [4.78, 5) is 0. The van der Waals surface area contributed by atoms with Gasteiger partial charge in [-0.05, 0) is 28.4 Å². The van der Waals surface area contributed by atoms with Crippen molar-refractivity contribution < 1.29 is 10.0 Å². The molecule has 0 saturated heterocycles. The maximum Gasteiger partial charge on any atom is 0.488 e. The second-order valence-corrected chi connectivity index (χ2v) is 5.97. The van der Waals surface area contributed by atoms with Crippen molar-refractivity contribution in [2.45, 2.75) is 0 Å². The smallest absolute Gasteiger partial charge is 0.423 e. The highest BCUT2D eigenvalue weighted by Crippen LogP contribution is 2.37. The van der Waals surface area contributed by atoms with Crippen molar-refractivity contribution in [3.8, 4) is 0 Å². The van der Waals surface area contributed by atoms with Gasteiger partial charge in [-0.2, -0.15) is 0 Å². The van der Waals surface area contributed by atoms with Crippen LogP contribution in [-0.2, 0) is 0 Å². The fraction of sp³-hybridized carbons (Fsp3) is 0. The van der Waals surface area contributed by atoms with Crippen LogP contribution in [0.15, 0.2) is 54.6 Å². The van der Waals surface area contributed by atoms with Crippen molar-refractivity contribution in [1.82, 2.24) is 0 Å². The van der Waals surface area contributed by atoms with Crippen molar-refractivity contribution in [2.75, 3.05) is 0 Å². The van der Waals surface area contributed by atoms with Crippen LogP contribution in [0.25, 0.3) is 30.9 Å². The Bertz CT molecular complexity index is 943. The lowest BCUT2D eigenvalue weighted by Crippen LogP contribution is -2.29. The topological polar surface area (TPSA) is 40.5 Å². The van der Waals surface area contributed by atoms with E-state index >= 15 is 0 Å². The lowest BCUT2D eigenvalue weighted by atomic mass is 9.80. The van der Waals surface area contributed by atoms with Gasteiger partial charge in [-0.25, -0.2) is 0 Å².